The monoisotopic (exact) mass is 238 g/mol. The van der Waals surface area contributed by atoms with Crippen LogP contribution in [0.2, 0.25) is 0 Å². The number of hydrogen-bond acceptors (Lipinski definition) is 5. The van der Waals surface area contributed by atoms with Crippen LogP contribution in [0.15, 0.2) is 18.2 Å². The van der Waals surface area contributed by atoms with Crippen molar-refractivity contribution >= 4 is 5.97 Å². The van der Waals surface area contributed by atoms with Crippen molar-refractivity contribution < 1.29 is 24.1 Å². The lowest BCUT2D eigenvalue weighted by Gasteiger charge is -2.18. The van der Waals surface area contributed by atoms with E-state index in [1.165, 1.54) is 0 Å². The van der Waals surface area contributed by atoms with Gasteiger partial charge in [-0.15, -0.1) is 0 Å². The van der Waals surface area contributed by atoms with Crippen LogP contribution in [0.5, 0.6) is 11.5 Å². The fourth-order valence-corrected chi connectivity index (χ4v) is 1.57. The van der Waals surface area contributed by atoms with Crippen LogP contribution in [0.4, 0.5) is 0 Å². The number of aliphatic hydroxyl groups excluding tert-OH is 1. The zero-order chi connectivity index (χ0) is 12.1. The molecule has 0 radical (unpaired) electrons. The van der Waals surface area contributed by atoms with Gasteiger partial charge in [-0.05, 0) is 17.7 Å². The van der Waals surface area contributed by atoms with Crippen molar-refractivity contribution in [1.82, 2.24) is 0 Å². The van der Waals surface area contributed by atoms with E-state index in [4.69, 9.17) is 19.3 Å². The van der Waals surface area contributed by atoms with E-state index in [0.29, 0.717) is 24.7 Å². The summed E-state index contributed by atoms with van der Waals surface area (Å²) in [5.41, 5.74) is 0.803. The molecule has 0 bridgehead atoms. The average Bonchev–Trinajstić information content (AvgIpc) is 2.36. The number of carbonyl (C=O) groups excluding carboxylic acids is 1. The third-order valence-electron chi connectivity index (χ3n) is 2.31. The summed E-state index contributed by atoms with van der Waals surface area (Å²) < 4.78 is 15.6. The standard InChI is InChI=1S/C12H14O5/c13-3-4-17-12(14)8-9-1-2-10-11(7-9)16-6-5-15-10/h1-2,7,13H,3-6,8H2. The van der Waals surface area contributed by atoms with E-state index in [2.05, 4.69) is 0 Å². The van der Waals surface area contributed by atoms with Crippen molar-refractivity contribution in [2.75, 3.05) is 26.4 Å². The third kappa shape index (κ3) is 3.10. The molecule has 1 aromatic rings. The van der Waals surface area contributed by atoms with Crippen molar-refractivity contribution in [2.45, 2.75) is 6.42 Å². The molecule has 0 unspecified atom stereocenters. The highest BCUT2D eigenvalue weighted by molar-refractivity contribution is 5.73. The van der Waals surface area contributed by atoms with E-state index in [1.807, 2.05) is 0 Å². The normalized spacial score (nSPS) is 13.2. The lowest BCUT2D eigenvalue weighted by Crippen LogP contribution is -2.16. The molecule has 2 rings (SSSR count). The Kier molecular flexibility index (Phi) is 3.82. The summed E-state index contributed by atoms with van der Waals surface area (Å²) in [5, 5.41) is 8.53. The maximum atomic E-state index is 11.3. The van der Waals surface area contributed by atoms with Crippen LogP contribution >= 0.6 is 0 Å². The molecule has 1 N–H and O–H groups in total. The number of benzene rings is 1. The van der Waals surface area contributed by atoms with Crippen LogP contribution in [-0.2, 0) is 16.0 Å². The fourth-order valence-electron chi connectivity index (χ4n) is 1.57. The largest absolute Gasteiger partial charge is 0.486 e. The van der Waals surface area contributed by atoms with Crippen molar-refractivity contribution in [3.63, 3.8) is 0 Å². The number of carbonyl (C=O) groups is 1. The predicted molar refractivity (Wildman–Crippen MR) is 59.2 cm³/mol. The van der Waals surface area contributed by atoms with Crippen LogP contribution in [0.1, 0.15) is 5.56 Å². The molecule has 92 valence electrons. The summed E-state index contributed by atoms with van der Waals surface area (Å²) in [7, 11) is 0. The highest BCUT2D eigenvalue weighted by Gasteiger charge is 2.13. The van der Waals surface area contributed by atoms with E-state index < -0.39 is 0 Å². The number of ether oxygens (including phenoxy) is 3. The molecule has 0 amide bonds. The number of hydrogen-bond donors (Lipinski definition) is 1. The molecular weight excluding hydrogens is 224 g/mol. The Labute approximate surface area is 98.9 Å². The van der Waals surface area contributed by atoms with E-state index in [9.17, 15) is 4.79 Å². The van der Waals surface area contributed by atoms with Crippen LogP contribution in [0.3, 0.4) is 0 Å². The SMILES string of the molecule is O=C(Cc1ccc2c(c1)OCCO2)OCCO. The second-order valence-electron chi connectivity index (χ2n) is 3.60. The van der Waals surface area contributed by atoms with Crippen LogP contribution in [0, 0.1) is 0 Å². The smallest absolute Gasteiger partial charge is 0.310 e. The number of fused-ring (bicyclic) bond motifs is 1. The van der Waals surface area contributed by atoms with Crippen LogP contribution < -0.4 is 9.47 Å². The number of rotatable bonds is 4. The summed E-state index contributed by atoms with van der Waals surface area (Å²) >= 11 is 0. The van der Waals surface area contributed by atoms with Crippen molar-refractivity contribution in [3.05, 3.63) is 23.8 Å². The zero-order valence-corrected chi connectivity index (χ0v) is 9.35. The summed E-state index contributed by atoms with van der Waals surface area (Å²) in [4.78, 5) is 11.3. The molecule has 5 nitrogen and oxygen atoms in total. The molecule has 1 aromatic carbocycles. The second kappa shape index (κ2) is 5.54. The third-order valence-corrected chi connectivity index (χ3v) is 2.31. The summed E-state index contributed by atoms with van der Waals surface area (Å²) in [6.45, 7) is 0.937. The highest BCUT2D eigenvalue weighted by atomic mass is 16.6. The molecule has 0 saturated heterocycles. The van der Waals surface area contributed by atoms with Gasteiger partial charge >= 0.3 is 5.97 Å². The van der Waals surface area contributed by atoms with Gasteiger partial charge in [0.2, 0.25) is 0 Å². The zero-order valence-electron chi connectivity index (χ0n) is 9.35. The van der Waals surface area contributed by atoms with Crippen LogP contribution in [0.25, 0.3) is 0 Å². The Bertz CT molecular complexity index is 402. The van der Waals surface area contributed by atoms with Gasteiger partial charge in [-0.3, -0.25) is 4.79 Å². The first-order valence-electron chi connectivity index (χ1n) is 5.44. The molecule has 1 heterocycles. The Morgan fingerprint density at radius 3 is 2.82 bits per heavy atom. The first kappa shape index (κ1) is 11.7. The van der Waals surface area contributed by atoms with Gasteiger partial charge in [-0.25, -0.2) is 0 Å². The minimum Gasteiger partial charge on any atom is -0.486 e. The molecule has 0 aliphatic carbocycles. The first-order valence-corrected chi connectivity index (χ1v) is 5.44. The molecule has 0 saturated carbocycles. The summed E-state index contributed by atoms with van der Waals surface area (Å²) in [6, 6.07) is 5.35. The van der Waals surface area contributed by atoms with Crippen molar-refractivity contribution in [1.29, 1.82) is 0 Å². The lowest BCUT2D eigenvalue weighted by atomic mass is 10.1. The van der Waals surface area contributed by atoms with E-state index in [-0.39, 0.29) is 25.6 Å². The van der Waals surface area contributed by atoms with Gasteiger partial charge in [-0.2, -0.15) is 0 Å². The molecule has 1 aliphatic rings. The highest BCUT2D eigenvalue weighted by Crippen LogP contribution is 2.30. The van der Waals surface area contributed by atoms with Crippen molar-refractivity contribution in [3.8, 4) is 11.5 Å². The van der Waals surface area contributed by atoms with E-state index in [1.54, 1.807) is 18.2 Å². The van der Waals surface area contributed by atoms with Gasteiger partial charge in [0.15, 0.2) is 11.5 Å². The number of aliphatic hydroxyl groups is 1. The Balaban J connectivity index is 1.99. The number of esters is 1. The predicted octanol–water partition coefficient (Wildman–Crippen LogP) is 0.536. The van der Waals surface area contributed by atoms with E-state index >= 15 is 0 Å². The molecule has 0 spiro atoms. The van der Waals surface area contributed by atoms with E-state index in [0.717, 1.165) is 5.56 Å². The second-order valence-corrected chi connectivity index (χ2v) is 3.60. The molecule has 17 heavy (non-hydrogen) atoms. The molecule has 5 heteroatoms. The van der Waals surface area contributed by atoms with Gasteiger partial charge in [0, 0.05) is 0 Å². The summed E-state index contributed by atoms with van der Waals surface area (Å²) in [5.74, 6) is 0.989. The fraction of sp³-hybridized carbons (Fsp3) is 0.417. The first-order chi connectivity index (χ1) is 8.29. The Morgan fingerprint density at radius 2 is 2.06 bits per heavy atom. The molecule has 0 aromatic heterocycles. The summed E-state index contributed by atoms with van der Waals surface area (Å²) in [6.07, 6.45) is 0.163. The average molecular weight is 238 g/mol. The quantitative estimate of drug-likeness (QED) is 0.775. The van der Waals surface area contributed by atoms with Gasteiger partial charge in [0.25, 0.3) is 0 Å². The van der Waals surface area contributed by atoms with Gasteiger partial charge in [-0.1, -0.05) is 6.07 Å². The minimum atomic E-state index is -0.365. The Hall–Kier alpha value is -1.75. The molecular formula is C12H14O5. The van der Waals surface area contributed by atoms with Gasteiger partial charge in [0.1, 0.15) is 19.8 Å². The molecule has 1 aliphatic heterocycles. The van der Waals surface area contributed by atoms with Gasteiger partial charge < -0.3 is 19.3 Å². The maximum absolute atomic E-state index is 11.3. The van der Waals surface area contributed by atoms with Crippen molar-refractivity contribution in [2.24, 2.45) is 0 Å². The topological polar surface area (TPSA) is 65.0 Å². The lowest BCUT2D eigenvalue weighted by molar-refractivity contribution is -0.143. The minimum absolute atomic E-state index is 0.0311. The Morgan fingerprint density at radius 1 is 1.29 bits per heavy atom. The van der Waals surface area contributed by atoms with Gasteiger partial charge in [0.05, 0.1) is 13.0 Å². The maximum Gasteiger partial charge on any atom is 0.310 e. The van der Waals surface area contributed by atoms with Crippen LogP contribution in [-0.4, -0.2) is 37.5 Å². The molecule has 0 atom stereocenters. The molecule has 0 fully saturated rings.